The SMILES string of the molecule is CC.CC(C)CBr.CC(C)CC(=O)N(C)C1CCN(C)CC1.CC(C)CC(F)(F)F.CC(C)CC1(C#N)CC1.CC(C)CCl.CC(C)CF.CC(C)CN1CCN(C)CC1.CC(C)Cc1ccccc1. The van der Waals surface area contributed by atoms with Crippen molar-refractivity contribution in [2.75, 3.05) is 84.8 Å². The van der Waals surface area contributed by atoms with Gasteiger partial charge in [0.2, 0.25) is 5.91 Å². The zero-order chi connectivity index (χ0) is 55.6. The van der Waals surface area contributed by atoms with Crippen molar-refractivity contribution in [3.8, 4) is 6.07 Å². The van der Waals surface area contributed by atoms with Gasteiger partial charge < -0.3 is 19.6 Å². The fourth-order valence-corrected chi connectivity index (χ4v) is 6.47. The van der Waals surface area contributed by atoms with Crippen molar-refractivity contribution in [1.82, 2.24) is 19.6 Å². The van der Waals surface area contributed by atoms with E-state index in [0.29, 0.717) is 36.1 Å². The molecule has 1 aromatic carbocycles. The maximum Gasteiger partial charge on any atom is 0.389 e. The second-order valence-electron chi connectivity index (χ2n) is 22.6. The van der Waals surface area contributed by atoms with Gasteiger partial charge in [-0.3, -0.25) is 9.18 Å². The Morgan fingerprint density at radius 2 is 1.16 bits per heavy atom. The number of nitriles is 1. The fourth-order valence-electron chi connectivity index (χ4n) is 6.47. The van der Waals surface area contributed by atoms with Crippen LogP contribution in [0.1, 0.15) is 175 Å². The van der Waals surface area contributed by atoms with Gasteiger partial charge in [-0.25, -0.2) is 0 Å². The number of carbonyl (C=O) groups excluding carboxylic acids is 1. The molecule has 0 unspecified atom stereocenters. The molecule has 1 amide bonds. The van der Waals surface area contributed by atoms with Gasteiger partial charge in [-0.15, -0.1) is 11.6 Å². The third-order valence-electron chi connectivity index (χ3n) is 10.4. The van der Waals surface area contributed by atoms with E-state index in [1.807, 2.05) is 39.6 Å². The van der Waals surface area contributed by atoms with Gasteiger partial charge in [0.15, 0.2) is 0 Å². The second-order valence-corrected chi connectivity index (χ2v) is 23.5. The lowest BCUT2D eigenvalue weighted by atomic mass is 9.96. The van der Waals surface area contributed by atoms with Crippen molar-refractivity contribution in [2.45, 2.75) is 188 Å². The molecule has 1 aromatic rings. The lowest BCUT2D eigenvalue weighted by molar-refractivity contribution is -0.142. The van der Waals surface area contributed by atoms with E-state index in [0.717, 1.165) is 74.2 Å². The smallest absolute Gasteiger partial charge is 0.343 e. The largest absolute Gasteiger partial charge is 0.389 e. The van der Waals surface area contributed by atoms with E-state index >= 15 is 0 Å². The Labute approximate surface area is 446 Å². The first-order valence-corrected chi connectivity index (χ1v) is 28.6. The first-order valence-electron chi connectivity index (χ1n) is 26.9. The van der Waals surface area contributed by atoms with Gasteiger partial charge in [0.1, 0.15) is 0 Å². The zero-order valence-electron chi connectivity index (χ0n) is 49.2. The molecule has 1 aliphatic carbocycles. The van der Waals surface area contributed by atoms with Crippen LogP contribution >= 0.6 is 27.5 Å². The molecule has 4 rings (SSSR count). The standard InChI is InChI=1S/C12H24N2O.C10H14.C9H20N2.C8H13N.C5H9F3.C4H9Br.C4H9Cl.C4H9F.C2H6/c1-10(2)9-12(15)14(4)11-5-7-13(3)8-6-11;1-9(2)8-10-6-4-3-5-7-10;1-9(2)8-11-6-4-10(3)5-7-11;1-7(2)5-8(6-9)3-4-8;1-4(2)3-5(6,7)8;3*1-4(2)3-5;1-2/h10-11H,5-9H2,1-4H3;3-7,9H,8H2,1-2H3;9H,4-8H2,1-3H3;7H,3-5H2,1-2H3;4H,3H2,1-2H3;3*4H,3H2,1-2H3;1-2H3. The summed E-state index contributed by atoms with van der Waals surface area (Å²) in [7, 11) is 6.31. The number of hydrogen-bond donors (Lipinski definition) is 0. The summed E-state index contributed by atoms with van der Waals surface area (Å²) in [5, 5.41) is 9.77. The van der Waals surface area contributed by atoms with Gasteiger partial charge in [0.05, 0.1) is 18.2 Å². The maximum absolute atomic E-state index is 11.8. The van der Waals surface area contributed by atoms with Gasteiger partial charge in [0.25, 0.3) is 0 Å². The number of nitrogens with zero attached hydrogens (tertiary/aromatic N) is 5. The Kier molecular flexibility index (Phi) is 52.3. The van der Waals surface area contributed by atoms with Crippen molar-refractivity contribution < 1.29 is 22.4 Å². The normalized spacial score (nSPS) is 15.6. The summed E-state index contributed by atoms with van der Waals surface area (Å²) in [5.41, 5.74) is 1.56. The van der Waals surface area contributed by atoms with Crippen LogP contribution in [0.15, 0.2) is 30.3 Å². The summed E-state index contributed by atoms with van der Waals surface area (Å²) in [4.78, 5) is 21.1. The number of amides is 1. The topological polar surface area (TPSA) is 53.8 Å². The summed E-state index contributed by atoms with van der Waals surface area (Å²) in [6, 6.07) is 13.5. The first-order chi connectivity index (χ1) is 32.4. The van der Waals surface area contributed by atoms with E-state index < -0.39 is 12.6 Å². The van der Waals surface area contributed by atoms with E-state index in [2.05, 4.69) is 164 Å². The lowest BCUT2D eigenvalue weighted by Gasteiger charge is -2.35. The number of piperidine rings is 1. The molecule has 70 heavy (non-hydrogen) atoms. The molecule has 0 radical (unpaired) electrons. The second kappa shape index (κ2) is 47.3. The van der Waals surface area contributed by atoms with E-state index in [9.17, 15) is 22.4 Å². The van der Waals surface area contributed by atoms with Gasteiger partial charge in [-0.05, 0) is 119 Å². The quantitative estimate of drug-likeness (QED) is 0.146. The summed E-state index contributed by atoms with van der Waals surface area (Å²) in [6.45, 7) is 45.3. The van der Waals surface area contributed by atoms with Crippen molar-refractivity contribution in [1.29, 1.82) is 5.26 Å². The van der Waals surface area contributed by atoms with Crippen LogP contribution in [0.2, 0.25) is 0 Å². The summed E-state index contributed by atoms with van der Waals surface area (Å²) in [5.74, 6) is 5.20. The van der Waals surface area contributed by atoms with Gasteiger partial charge >= 0.3 is 6.18 Å². The minimum Gasteiger partial charge on any atom is -0.343 e. The molecule has 12 heteroatoms. The summed E-state index contributed by atoms with van der Waals surface area (Å²) < 4.78 is 45.0. The monoisotopic (exact) mass is 1090 g/mol. The molecule has 0 N–H and O–H groups in total. The molecule has 2 heterocycles. The Balaban J connectivity index is -0.000000235. The van der Waals surface area contributed by atoms with E-state index in [1.54, 1.807) is 13.8 Å². The molecule has 418 valence electrons. The average molecular weight is 1090 g/mol. The van der Waals surface area contributed by atoms with Crippen molar-refractivity contribution in [3.63, 3.8) is 0 Å². The van der Waals surface area contributed by atoms with Crippen LogP contribution in [0.3, 0.4) is 0 Å². The van der Waals surface area contributed by atoms with Crippen LogP contribution in [-0.4, -0.2) is 123 Å². The molecular weight excluding hydrogens is 974 g/mol. The highest BCUT2D eigenvalue weighted by molar-refractivity contribution is 9.09. The average Bonchev–Trinajstić information content (AvgIpc) is 4.04. The highest BCUT2D eigenvalue weighted by atomic mass is 79.9. The number of benzene rings is 1. The van der Waals surface area contributed by atoms with Crippen LogP contribution in [-0.2, 0) is 11.2 Å². The van der Waals surface area contributed by atoms with Crippen LogP contribution in [0.4, 0.5) is 17.6 Å². The number of likely N-dealkylation sites (N-methyl/N-ethyl adjacent to an activating group) is 1. The van der Waals surface area contributed by atoms with Crippen LogP contribution < -0.4 is 0 Å². The molecular formula is C58H113BrClF4N5O. The Hall–Kier alpha value is -1.45. The van der Waals surface area contributed by atoms with Crippen LogP contribution in [0.25, 0.3) is 0 Å². The molecule has 2 saturated heterocycles. The molecule has 3 aliphatic rings. The number of carbonyl (C=O) groups is 1. The summed E-state index contributed by atoms with van der Waals surface area (Å²) >= 11 is 8.65. The predicted octanol–water partition coefficient (Wildman–Crippen LogP) is 16.8. The van der Waals surface area contributed by atoms with Gasteiger partial charge in [0, 0.05) is 69.9 Å². The van der Waals surface area contributed by atoms with Gasteiger partial charge in [-0.1, -0.05) is 171 Å². The third kappa shape index (κ3) is 57.5. The molecule has 0 bridgehead atoms. The number of alkyl halides is 6. The Morgan fingerprint density at radius 3 is 1.41 bits per heavy atom. The van der Waals surface area contributed by atoms with Crippen molar-refractivity contribution >= 4 is 33.4 Å². The Morgan fingerprint density at radius 1 is 0.729 bits per heavy atom. The molecule has 0 atom stereocenters. The zero-order valence-corrected chi connectivity index (χ0v) is 51.6. The maximum atomic E-state index is 11.8. The third-order valence-corrected chi connectivity index (χ3v) is 12.3. The van der Waals surface area contributed by atoms with Crippen LogP contribution in [0, 0.1) is 64.1 Å². The lowest BCUT2D eigenvalue weighted by Crippen LogP contribution is -2.45. The highest BCUT2D eigenvalue weighted by Gasteiger charge is 2.43. The highest BCUT2D eigenvalue weighted by Crippen LogP contribution is 2.49. The predicted molar refractivity (Wildman–Crippen MR) is 305 cm³/mol. The van der Waals surface area contributed by atoms with E-state index in [-0.39, 0.29) is 23.9 Å². The van der Waals surface area contributed by atoms with Gasteiger partial charge in [-0.2, -0.15) is 18.4 Å². The van der Waals surface area contributed by atoms with E-state index in [1.165, 1.54) is 44.7 Å². The van der Waals surface area contributed by atoms with Crippen LogP contribution in [0.5, 0.6) is 0 Å². The fraction of sp³-hybridized carbons (Fsp3) is 0.862. The number of piperazine rings is 1. The molecule has 0 aromatic heterocycles. The minimum atomic E-state index is -3.98. The molecule has 6 nitrogen and oxygen atoms in total. The minimum absolute atomic E-state index is 0.119. The number of hydrogen-bond acceptors (Lipinski definition) is 5. The Bertz CT molecular complexity index is 1290. The molecule has 1 saturated carbocycles. The molecule has 2 aliphatic heterocycles. The molecule has 0 spiro atoms. The number of rotatable bonds is 13. The molecule has 3 fully saturated rings. The summed E-state index contributed by atoms with van der Waals surface area (Å²) in [6.07, 6.45) is 2.85. The number of likely N-dealkylation sites (tertiary alicyclic amines) is 1. The first kappa shape index (κ1) is 77.5. The number of halogens is 6. The van der Waals surface area contributed by atoms with Crippen molar-refractivity contribution in [3.05, 3.63) is 35.9 Å². The van der Waals surface area contributed by atoms with E-state index in [4.69, 9.17) is 16.9 Å². The van der Waals surface area contributed by atoms with Crippen molar-refractivity contribution in [2.24, 2.45) is 52.8 Å².